The summed E-state index contributed by atoms with van der Waals surface area (Å²) < 4.78 is 32.6. The standard InChI is InChI=1S/C12H22N2O3S.ClH/c1-5-12(6-2,8-13)14-18(15,16)11-7-9(3)17-10(11)4;/h7,14H,5-6,8,13H2,1-4H3;1H. The van der Waals surface area contributed by atoms with Crippen LogP contribution in [0.4, 0.5) is 0 Å². The topological polar surface area (TPSA) is 85.3 Å². The van der Waals surface area contributed by atoms with Gasteiger partial charge in [0.1, 0.15) is 16.4 Å². The second-order valence-electron chi connectivity index (χ2n) is 4.57. The number of halogens is 1. The summed E-state index contributed by atoms with van der Waals surface area (Å²) in [6.45, 7) is 7.49. The van der Waals surface area contributed by atoms with Crippen LogP contribution in [0.3, 0.4) is 0 Å². The highest BCUT2D eigenvalue weighted by Crippen LogP contribution is 2.23. The first kappa shape index (κ1) is 18.4. The van der Waals surface area contributed by atoms with E-state index in [0.29, 0.717) is 24.4 Å². The van der Waals surface area contributed by atoms with Crippen molar-refractivity contribution < 1.29 is 12.8 Å². The molecule has 0 aromatic carbocycles. The number of hydrogen-bond acceptors (Lipinski definition) is 4. The molecule has 112 valence electrons. The van der Waals surface area contributed by atoms with Crippen LogP contribution in [0, 0.1) is 13.8 Å². The third kappa shape index (κ3) is 3.95. The lowest BCUT2D eigenvalue weighted by atomic mass is 9.95. The van der Waals surface area contributed by atoms with Gasteiger partial charge in [-0.15, -0.1) is 12.4 Å². The molecule has 0 saturated heterocycles. The Hall–Kier alpha value is -0.560. The summed E-state index contributed by atoms with van der Waals surface area (Å²) in [5.74, 6) is 0.984. The fraction of sp³-hybridized carbons (Fsp3) is 0.667. The van der Waals surface area contributed by atoms with Crippen LogP contribution in [-0.4, -0.2) is 20.5 Å². The highest BCUT2D eigenvalue weighted by Gasteiger charge is 2.32. The molecule has 0 aliphatic carbocycles. The first-order valence-corrected chi connectivity index (χ1v) is 7.59. The zero-order chi connectivity index (χ0) is 14.0. The van der Waals surface area contributed by atoms with E-state index in [1.165, 1.54) is 6.07 Å². The average molecular weight is 311 g/mol. The van der Waals surface area contributed by atoms with Crippen molar-refractivity contribution in [2.45, 2.75) is 51.0 Å². The maximum Gasteiger partial charge on any atom is 0.244 e. The van der Waals surface area contributed by atoms with Gasteiger partial charge in [-0.05, 0) is 32.8 Å². The van der Waals surface area contributed by atoms with E-state index in [1.807, 2.05) is 13.8 Å². The number of rotatable bonds is 6. The van der Waals surface area contributed by atoms with Gasteiger partial charge in [0.15, 0.2) is 0 Å². The second-order valence-corrected chi connectivity index (χ2v) is 6.23. The molecule has 1 aromatic rings. The molecule has 1 rings (SSSR count). The van der Waals surface area contributed by atoms with E-state index in [0.717, 1.165) is 0 Å². The van der Waals surface area contributed by atoms with E-state index in [2.05, 4.69) is 4.72 Å². The zero-order valence-electron chi connectivity index (χ0n) is 11.8. The molecule has 0 aliphatic rings. The molecule has 5 nitrogen and oxygen atoms in total. The SMILES string of the molecule is CCC(CC)(CN)NS(=O)(=O)c1cc(C)oc1C.Cl. The van der Waals surface area contributed by atoms with Gasteiger partial charge >= 0.3 is 0 Å². The molecule has 7 heteroatoms. The maximum absolute atomic E-state index is 12.3. The van der Waals surface area contributed by atoms with Gasteiger partial charge < -0.3 is 10.2 Å². The summed E-state index contributed by atoms with van der Waals surface area (Å²) >= 11 is 0. The number of nitrogens with one attached hydrogen (secondary N) is 1. The smallest absolute Gasteiger partial charge is 0.244 e. The fourth-order valence-corrected chi connectivity index (χ4v) is 3.73. The van der Waals surface area contributed by atoms with Gasteiger partial charge in [0, 0.05) is 12.1 Å². The molecule has 0 saturated carbocycles. The quantitative estimate of drug-likeness (QED) is 0.842. The molecule has 1 aromatic heterocycles. The minimum Gasteiger partial charge on any atom is -0.465 e. The highest BCUT2D eigenvalue weighted by molar-refractivity contribution is 7.89. The predicted molar refractivity (Wildman–Crippen MR) is 78.1 cm³/mol. The van der Waals surface area contributed by atoms with Crippen molar-refractivity contribution in [3.63, 3.8) is 0 Å². The zero-order valence-corrected chi connectivity index (χ0v) is 13.5. The number of sulfonamides is 1. The van der Waals surface area contributed by atoms with Gasteiger partial charge in [-0.25, -0.2) is 13.1 Å². The summed E-state index contributed by atoms with van der Waals surface area (Å²) in [6, 6.07) is 1.53. The Morgan fingerprint density at radius 1 is 1.32 bits per heavy atom. The molecule has 0 unspecified atom stereocenters. The minimum atomic E-state index is -3.59. The number of nitrogens with two attached hydrogens (primary N) is 1. The first-order valence-electron chi connectivity index (χ1n) is 6.11. The molecular formula is C12H23ClN2O3S. The summed E-state index contributed by atoms with van der Waals surface area (Å²) in [7, 11) is -3.59. The van der Waals surface area contributed by atoms with Crippen molar-refractivity contribution in [3.05, 3.63) is 17.6 Å². The van der Waals surface area contributed by atoms with Crippen LogP contribution in [0.2, 0.25) is 0 Å². The average Bonchev–Trinajstić information content (AvgIpc) is 2.66. The molecule has 3 N–H and O–H groups in total. The first-order chi connectivity index (χ1) is 8.30. The molecule has 19 heavy (non-hydrogen) atoms. The predicted octanol–water partition coefficient (Wildman–Crippen LogP) is 2.11. The number of aryl methyl sites for hydroxylation is 2. The highest BCUT2D eigenvalue weighted by atomic mass is 35.5. The second kappa shape index (κ2) is 6.74. The number of furan rings is 1. The van der Waals surface area contributed by atoms with Crippen molar-refractivity contribution in [3.8, 4) is 0 Å². The van der Waals surface area contributed by atoms with E-state index in [1.54, 1.807) is 13.8 Å². The largest absolute Gasteiger partial charge is 0.465 e. The van der Waals surface area contributed by atoms with Crippen LogP contribution in [0.25, 0.3) is 0 Å². The molecule has 0 atom stereocenters. The van der Waals surface area contributed by atoms with Crippen molar-refractivity contribution in [2.24, 2.45) is 5.73 Å². The van der Waals surface area contributed by atoms with Gasteiger partial charge in [0.25, 0.3) is 0 Å². The lowest BCUT2D eigenvalue weighted by Crippen LogP contribution is -2.52. The molecule has 0 radical (unpaired) electrons. The molecule has 0 bridgehead atoms. The van der Waals surface area contributed by atoms with Crippen molar-refractivity contribution in [1.29, 1.82) is 0 Å². The van der Waals surface area contributed by atoms with Crippen LogP contribution in [0.5, 0.6) is 0 Å². The van der Waals surface area contributed by atoms with E-state index >= 15 is 0 Å². The van der Waals surface area contributed by atoms with Crippen molar-refractivity contribution in [2.75, 3.05) is 6.54 Å². The third-order valence-corrected chi connectivity index (χ3v) is 5.07. The Balaban J connectivity index is 0.00000324. The van der Waals surface area contributed by atoms with Crippen molar-refractivity contribution >= 4 is 22.4 Å². The van der Waals surface area contributed by atoms with E-state index in [9.17, 15) is 8.42 Å². The van der Waals surface area contributed by atoms with Crippen LogP contribution < -0.4 is 10.5 Å². The normalized spacial score (nSPS) is 12.3. The Bertz CT molecular complexity index is 499. The summed E-state index contributed by atoms with van der Waals surface area (Å²) in [4.78, 5) is 0.194. The van der Waals surface area contributed by atoms with E-state index in [-0.39, 0.29) is 23.8 Å². The van der Waals surface area contributed by atoms with Crippen LogP contribution in [0.1, 0.15) is 38.2 Å². The summed E-state index contributed by atoms with van der Waals surface area (Å²) in [5.41, 5.74) is 5.12. The number of hydrogen-bond donors (Lipinski definition) is 2. The molecule has 0 fully saturated rings. The lowest BCUT2D eigenvalue weighted by Gasteiger charge is -2.30. The summed E-state index contributed by atoms with van der Waals surface area (Å²) in [6.07, 6.45) is 1.30. The van der Waals surface area contributed by atoms with Gasteiger partial charge in [-0.2, -0.15) is 0 Å². The summed E-state index contributed by atoms with van der Waals surface area (Å²) in [5, 5.41) is 0. The Labute approximate surface area is 121 Å². The third-order valence-electron chi connectivity index (χ3n) is 3.38. The molecule has 0 amide bonds. The maximum atomic E-state index is 12.3. The van der Waals surface area contributed by atoms with E-state index < -0.39 is 15.6 Å². The Morgan fingerprint density at radius 3 is 2.16 bits per heavy atom. The van der Waals surface area contributed by atoms with E-state index in [4.69, 9.17) is 10.2 Å². The minimum absolute atomic E-state index is 0. The van der Waals surface area contributed by atoms with Crippen molar-refractivity contribution in [1.82, 2.24) is 4.72 Å². The monoisotopic (exact) mass is 310 g/mol. The van der Waals surface area contributed by atoms with Crippen LogP contribution >= 0.6 is 12.4 Å². The van der Waals surface area contributed by atoms with Gasteiger partial charge in [0.2, 0.25) is 10.0 Å². The molecule has 0 aliphatic heterocycles. The lowest BCUT2D eigenvalue weighted by molar-refractivity contribution is 0.363. The Morgan fingerprint density at radius 2 is 1.84 bits per heavy atom. The van der Waals surface area contributed by atoms with Crippen LogP contribution in [0.15, 0.2) is 15.4 Å². The Kier molecular flexibility index (Phi) is 6.54. The van der Waals surface area contributed by atoms with Gasteiger partial charge in [-0.1, -0.05) is 13.8 Å². The fourth-order valence-electron chi connectivity index (χ4n) is 1.94. The molecular weight excluding hydrogens is 288 g/mol. The molecule has 1 heterocycles. The molecule has 0 spiro atoms. The van der Waals surface area contributed by atoms with Gasteiger partial charge in [0.05, 0.1) is 0 Å². The van der Waals surface area contributed by atoms with Gasteiger partial charge in [-0.3, -0.25) is 0 Å². The van der Waals surface area contributed by atoms with Crippen LogP contribution in [-0.2, 0) is 10.0 Å².